The highest BCUT2D eigenvalue weighted by atomic mass is 16.5. The number of carbonyl (C=O) groups excluding carboxylic acids is 1. The first kappa shape index (κ1) is 18.9. The normalized spacial score (nSPS) is 22.2. The molecule has 0 unspecified atom stereocenters. The van der Waals surface area contributed by atoms with Gasteiger partial charge in [-0.2, -0.15) is 0 Å². The van der Waals surface area contributed by atoms with Crippen LogP contribution < -0.4 is 4.74 Å². The van der Waals surface area contributed by atoms with Crippen molar-refractivity contribution in [3.63, 3.8) is 0 Å². The van der Waals surface area contributed by atoms with Crippen LogP contribution in [-0.2, 0) is 4.79 Å². The molecule has 1 saturated carbocycles. The number of ether oxygens (including phenoxy) is 1. The highest BCUT2D eigenvalue weighted by molar-refractivity contribution is 5.79. The van der Waals surface area contributed by atoms with Gasteiger partial charge in [0.25, 0.3) is 0 Å². The van der Waals surface area contributed by atoms with Crippen LogP contribution in [0.2, 0.25) is 0 Å². The van der Waals surface area contributed by atoms with Crippen molar-refractivity contribution in [2.24, 2.45) is 11.8 Å². The third kappa shape index (κ3) is 5.09. The van der Waals surface area contributed by atoms with E-state index in [1.54, 1.807) is 6.20 Å². The maximum atomic E-state index is 12.5. The Bertz CT molecular complexity index is 622. The van der Waals surface area contributed by atoms with E-state index in [0.29, 0.717) is 18.4 Å². The van der Waals surface area contributed by atoms with Crippen LogP contribution in [0.3, 0.4) is 0 Å². The molecule has 1 aliphatic carbocycles. The first-order chi connectivity index (χ1) is 12.7. The summed E-state index contributed by atoms with van der Waals surface area (Å²) in [6.45, 7) is 6.02. The van der Waals surface area contributed by atoms with Gasteiger partial charge in [-0.05, 0) is 36.8 Å². The number of likely N-dealkylation sites (tertiary alicyclic amines) is 1. The Morgan fingerprint density at radius 1 is 1.35 bits per heavy atom. The van der Waals surface area contributed by atoms with E-state index < -0.39 is 0 Å². The molecule has 2 aliphatic rings. The van der Waals surface area contributed by atoms with Crippen LogP contribution in [0.15, 0.2) is 24.5 Å². The van der Waals surface area contributed by atoms with Gasteiger partial charge in [0, 0.05) is 25.1 Å². The third-order valence-electron chi connectivity index (χ3n) is 5.74. The Morgan fingerprint density at radius 2 is 2.15 bits per heavy atom. The second-order valence-corrected chi connectivity index (χ2v) is 7.90. The SMILES string of the molecule is CC[C@@H](C)C/C=C/c1cncc(O[C@@H]2CCN(C(=O)C3CCCC3)C2)c1. The molecule has 2 heterocycles. The molecule has 1 aromatic heterocycles. The van der Waals surface area contributed by atoms with Crippen molar-refractivity contribution in [2.45, 2.75) is 64.9 Å². The Kier molecular flexibility index (Phi) is 6.70. The molecule has 142 valence electrons. The molecule has 2 atom stereocenters. The minimum atomic E-state index is 0.0847. The highest BCUT2D eigenvalue weighted by Gasteiger charge is 2.33. The van der Waals surface area contributed by atoms with Gasteiger partial charge in [-0.3, -0.25) is 9.78 Å². The van der Waals surface area contributed by atoms with Crippen LogP contribution in [-0.4, -0.2) is 35.0 Å². The summed E-state index contributed by atoms with van der Waals surface area (Å²) in [5.41, 5.74) is 1.07. The van der Waals surface area contributed by atoms with Crippen molar-refractivity contribution in [3.8, 4) is 5.75 Å². The van der Waals surface area contributed by atoms with E-state index in [-0.39, 0.29) is 12.0 Å². The predicted octanol–water partition coefficient (Wildman–Crippen LogP) is 4.70. The van der Waals surface area contributed by atoms with Gasteiger partial charge in [0.1, 0.15) is 11.9 Å². The number of aromatic nitrogens is 1. The summed E-state index contributed by atoms with van der Waals surface area (Å²) in [5, 5.41) is 0. The number of rotatable bonds is 7. The van der Waals surface area contributed by atoms with Crippen LogP contribution in [0.1, 0.15) is 64.4 Å². The van der Waals surface area contributed by atoms with Crippen molar-refractivity contribution < 1.29 is 9.53 Å². The average Bonchev–Trinajstić information content (AvgIpc) is 3.33. The lowest BCUT2D eigenvalue weighted by Gasteiger charge is -2.20. The van der Waals surface area contributed by atoms with E-state index in [2.05, 4.69) is 31.0 Å². The average molecular weight is 357 g/mol. The molecule has 1 amide bonds. The molecule has 0 bridgehead atoms. The maximum absolute atomic E-state index is 12.5. The zero-order valence-electron chi connectivity index (χ0n) is 16.2. The van der Waals surface area contributed by atoms with E-state index in [1.807, 2.05) is 17.2 Å². The van der Waals surface area contributed by atoms with Crippen molar-refractivity contribution >= 4 is 12.0 Å². The minimum Gasteiger partial charge on any atom is -0.487 e. The largest absolute Gasteiger partial charge is 0.487 e. The fourth-order valence-corrected chi connectivity index (χ4v) is 3.84. The zero-order chi connectivity index (χ0) is 18.4. The first-order valence-electron chi connectivity index (χ1n) is 10.2. The quantitative estimate of drug-likeness (QED) is 0.711. The lowest BCUT2D eigenvalue weighted by Crippen LogP contribution is -2.34. The minimum absolute atomic E-state index is 0.0847. The molecule has 1 aliphatic heterocycles. The van der Waals surface area contributed by atoms with Crippen molar-refractivity contribution in [1.29, 1.82) is 0 Å². The number of carbonyl (C=O) groups is 1. The van der Waals surface area contributed by atoms with Crippen molar-refractivity contribution in [3.05, 3.63) is 30.1 Å². The summed E-state index contributed by atoms with van der Waals surface area (Å²) >= 11 is 0. The predicted molar refractivity (Wildman–Crippen MR) is 105 cm³/mol. The summed E-state index contributed by atoms with van der Waals surface area (Å²) in [5.74, 6) is 2.11. The Hall–Kier alpha value is -1.84. The number of hydrogen-bond acceptors (Lipinski definition) is 3. The lowest BCUT2D eigenvalue weighted by atomic mass is 10.0. The van der Waals surface area contributed by atoms with E-state index >= 15 is 0 Å². The smallest absolute Gasteiger partial charge is 0.225 e. The number of hydrogen-bond donors (Lipinski definition) is 0. The monoisotopic (exact) mass is 356 g/mol. The van der Waals surface area contributed by atoms with E-state index in [9.17, 15) is 4.79 Å². The van der Waals surface area contributed by atoms with Gasteiger partial charge < -0.3 is 9.64 Å². The number of allylic oxidation sites excluding steroid dienone is 1. The molecule has 4 nitrogen and oxygen atoms in total. The van der Waals surface area contributed by atoms with Crippen molar-refractivity contribution in [1.82, 2.24) is 9.88 Å². The molecule has 3 rings (SSSR count). The second-order valence-electron chi connectivity index (χ2n) is 7.90. The summed E-state index contributed by atoms with van der Waals surface area (Å²) in [6.07, 6.45) is 15.8. The molecule has 0 radical (unpaired) electrons. The Labute approximate surface area is 157 Å². The van der Waals surface area contributed by atoms with Gasteiger partial charge in [0.05, 0.1) is 12.7 Å². The third-order valence-corrected chi connectivity index (χ3v) is 5.74. The Morgan fingerprint density at radius 3 is 2.92 bits per heavy atom. The molecule has 2 fully saturated rings. The molecule has 1 aromatic rings. The van der Waals surface area contributed by atoms with Crippen LogP contribution in [0.25, 0.3) is 6.08 Å². The summed E-state index contributed by atoms with van der Waals surface area (Å²) in [7, 11) is 0. The van der Waals surface area contributed by atoms with Gasteiger partial charge >= 0.3 is 0 Å². The van der Waals surface area contributed by atoms with Gasteiger partial charge in [-0.15, -0.1) is 0 Å². The summed E-state index contributed by atoms with van der Waals surface area (Å²) in [4.78, 5) is 18.9. The molecular formula is C22H32N2O2. The van der Waals surface area contributed by atoms with Gasteiger partial charge in [0.15, 0.2) is 0 Å². The fourth-order valence-electron chi connectivity index (χ4n) is 3.84. The van der Waals surface area contributed by atoms with Crippen LogP contribution in [0, 0.1) is 11.8 Å². The van der Waals surface area contributed by atoms with Gasteiger partial charge in [-0.1, -0.05) is 45.3 Å². The summed E-state index contributed by atoms with van der Waals surface area (Å²) in [6, 6.07) is 2.04. The number of pyridine rings is 1. The van der Waals surface area contributed by atoms with Crippen LogP contribution in [0.5, 0.6) is 5.75 Å². The van der Waals surface area contributed by atoms with E-state index in [4.69, 9.17) is 4.74 Å². The maximum Gasteiger partial charge on any atom is 0.225 e. The zero-order valence-corrected chi connectivity index (χ0v) is 16.2. The molecule has 4 heteroatoms. The number of nitrogens with zero attached hydrogens (tertiary/aromatic N) is 2. The molecule has 0 N–H and O–H groups in total. The highest BCUT2D eigenvalue weighted by Crippen LogP contribution is 2.28. The van der Waals surface area contributed by atoms with Gasteiger partial charge in [0.2, 0.25) is 5.91 Å². The summed E-state index contributed by atoms with van der Waals surface area (Å²) < 4.78 is 6.12. The molecule has 0 aromatic carbocycles. The fraction of sp³-hybridized carbons (Fsp3) is 0.636. The van der Waals surface area contributed by atoms with Crippen LogP contribution in [0.4, 0.5) is 0 Å². The van der Waals surface area contributed by atoms with Crippen LogP contribution >= 0.6 is 0 Å². The van der Waals surface area contributed by atoms with E-state index in [0.717, 1.165) is 43.5 Å². The topological polar surface area (TPSA) is 42.4 Å². The Balaban J connectivity index is 1.51. The molecule has 0 spiro atoms. The second kappa shape index (κ2) is 9.20. The lowest BCUT2D eigenvalue weighted by molar-refractivity contribution is -0.134. The standard InChI is InChI=1S/C22H32N2O2/c1-3-17(2)7-6-8-18-13-21(15-23-14-18)26-20-11-12-24(16-20)22(25)19-9-4-5-10-19/h6,8,13-15,17,19-20H,3-5,7,9-12,16H2,1-2H3/b8-6+/t17-,20-/m1/s1. The first-order valence-corrected chi connectivity index (χ1v) is 10.2. The van der Waals surface area contributed by atoms with Gasteiger partial charge in [-0.25, -0.2) is 0 Å². The van der Waals surface area contributed by atoms with E-state index in [1.165, 1.54) is 19.3 Å². The molecular weight excluding hydrogens is 324 g/mol. The molecule has 1 saturated heterocycles. The number of amides is 1. The molecule has 26 heavy (non-hydrogen) atoms. The van der Waals surface area contributed by atoms with Crippen molar-refractivity contribution in [2.75, 3.05) is 13.1 Å².